The van der Waals surface area contributed by atoms with Crippen LogP contribution in [0.15, 0.2) is 237 Å². The van der Waals surface area contributed by atoms with Gasteiger partial charge in [0.15, 0.2) is 0 Å². The highest BCUT2D eigenvalue weighted by Crippen LogP contribution is 2.49. The van der Waals surface area contributed by atoms with Crippen molar-refractivity contribution in [2.24, 2.45) is 0 Å². The molecule has 0 unspecified atom stereocenters. The van der Waals surface area contributed by atoms with Crippen LogP contribution in [0.3, 0.4) is 0 Å². The summed E-state index contributed by atoms with van der Waals surface area (Å²) in [6, 6.07) is 86.8. The second-order valence-corrected chi connectivity index (χ2v) is 17.1. The Morgan fingerprint density at radius 2 is 0.774 bits per heavy atom. The molecule has 1 nitrogen and oxygen atoms in total. The van der Waals surface area contributed by atoms with Crippen molar-refractivity contribution < 1.29 is 0 Å². The van der Waals surface area contributed by atoms with E-state index in [-0.39, 0.29) is 0 Å². The average Bonchev–Trinajstić information content (AvgIpc) is 3.74. The summed E-state index contributed by atoms with van der Waals surface area (Å²) in [5, 5.41) is 10.1. The maximum Gasteiger partial charge on any atom is 0.0640 e. The smallest absolute Gasteiger partial charge is 0.0640 e. The van der Waals surface area contributed by atoms with E-state index in [1.54, 1.807) is 0 Å². The molecule has 11 aromatic carbocycles. The molecule has 0 fully saturated rings. The molecular weight excluding hydrogens is 767 g/mol. The first-order valence-electron chi connectivity index (χ1n) is 21.3. The third-order valence-corrected chi connectivity index (χ3v) is 13.6. The molecule has 0 N–H and O–H groups in total. The predicted molar refractivity (Wildman–Crippen MR) is 268 cm³/mol. The van der Waals surface area contributed by atoms with Gasteiger partial charge < -0.3 is 4.90 Å². The number of anilines is 3. The van der Waals surface area contributed by atoms with Gasteiger partial charge in [0.25, 0.3) is 0 Å². The molecule has 0 atom stereocenters. The molecular formula is C60H39NS. The zero-order valence-electron chi connectivity index (χ0n) is 33.9. The van der Waals surface area contributed by atoms with Crippen LogP contribution in [0.4, 0.5) is 17.1 Å². The third kappa shape index (κ3) is 6.07. The van der Waals surface area contributed by atoms with Crippen molar-refractivity contribution in [3.63, 3.8) is 0 Å². The fourth-order valence-corrected chi connectivity index (χ4v) is 10.8. The molecule has 62 heavy (non-hydrogen) atoms. The maximum atomic E-state index is 2.47. The normalized spacial score (nSPS) is 11.5. The van der Waals surface area contributed by atoms with Gasteiger partial charge in [-0.1, -0.05) is 188 Å². The second kappa shape index (κ2) is 15.0. The van der Waals surface area contributed by atoms with Crippen LogP contribution in [0.2, 0.25) is 0 Å². The van der Waals surface area contributed by atoms with Gasteiger partial charge in [0.1, 0.15) is 0 Å². The van der Waals surface area contributed by atoms with Crippen LogP contribution in [-0.4, -0.2) is 0 Å². The molecule has 1 heterocycles. The monoisotopic (exact) mass is 805 g/mol. The van der Waals surface area contributed by atoms with Gasteiger partial charge in [-0.25, -0.2) is 0 Å². The van der Waals surface area contributed by atoms with Crippen LogP contribution in [0.1, 0.15) is 0 Å². The average molecular weight is 806 g/mol. The van der Waals surface area contributed by atoms with Crippen LogP contribution in [0.5, 0.6) is 0 Å². The minimum Gasteiger partial charge on any atom is -0.309 e. The van der Waals surface area contributed by atoms with E-state index in [0.717, 1.165) is 17.1 Å². The Balaban J connectivity index is 1.08. The first kappa shape index (κ1) is 36.1. The quantitative estimate of drug-likeness (QED) is 0.145. The standard InChI is InChI=1S/C60H39NS/c1-3-17-40(18-4-1)54-38-43-21-7-8-22-44(43)39-55(54)41-33-35-46(36-34-41)61(56-31-16-30-53-50-27-13-14-32-57(50)62-60(53)56)47-24-15-23-45(37-47)59-52-29-12-10-26-49(52)48-25-9-11-28-51(48)58(59)42-19-5-2-6-20-42/h1-39H. The lowest BCUT2D eigenvalue weighted by molar-refractivity contribution is 1.30. The summed E-state index contributed by atoms with van der Waals surface area (Å²) in [6.45, 7) is 0. The zero-order chi connectivity index (χ0) is 41.0. The van der Waals surface area contributed by atoms with Crippen molar-refractivity contribution in [3.05, 3.63) is 237 Å². The van der Waals surface area contributed by atoms with E-state index < -0.39 is 0 Å². The van der Waals surface area contributed by atoms with Crippen LogP contribution in [0, 0.1) is 0 Å². The molecule has 1 aromatic heterocycles. The SMILES string of the molecule is c1ccc(-c2cc3ccccc3cc2-c2ccc(N(c3cccc(-c4c(-c5ccccc5)c5ccccc5c5ccccc45)c3)c3cccc4c3sc3ccccc34)cc2)cc1. The molecule has 0 amide bonds. The minimum absolute atomic E-state index is 1.10. The van der Waals surface area contributed by atoms with Crippen molar-refractivity contribution >= 4 is 80.9 Å². The fraction of sp³-hybridized carbons (Fsp3) is 0. The molecule has 12 aromatic rings. The Labute approximate surface area is 365 Å². The highest BCUT2D eigenvalue weighted by molar-refractivity contribution is 7.26. The number of benzene rings is 11. The van der Waals surface area contributed by atoms with Gasteiger partial charge in [-0.15, -0.1) is 11.3 Å². The van der Waals surface area contributed by atoms with Gasteiger partial charge >= 0.3 is 0 Å². The van der Waals surface area contributed by atoms with E-state index >= 15 is 0 Å². The summed E-state index contributed by atoms with van der Waals surface area (Å²) in [4.78, 5) is 2.47. The van der Waals surface area contributed by atoms with Crippen LogP contribution in [-0.2, 0) is 0 Å². The zero-order valence-corrected chi connectivity index (χ0v) is 34.7. The van der Waals surface area contributed by atoms with Crippen molar-refractivity contribution in [2.75, 3.05) is 4.90 Å². The summed E-state index contributed by atoms with van der Waals surface area (Å²) >= 11 is 1.87. The highest BCUT2D eigenvalue weighted by atomic mass is 32.1. The molecule has 0 aliphatic heterocycles. The molecule has 290 valence electrons. The Morgan fingerprint density at radius 1 is 0.290 bits per heavy atom. The number of hydrogen-bond acceptors (Lipinski definition) is 2. The molecule has 0 spiro atoms. The van der Waals surface area contributed by atoms with Crippen molar-refractivity contribution in [3.8, 4) is 44.5 Å². The summed E-state index contributed by atoms with van der Waals surface area (Å²) in [6.07, 6.45) is 0. The van der Waals surface area contributed by atoms with Gasteiger partial charge in [0.05, 0.1) is 10.4 Å². The van der Waals surface area contributed by atoms with Crippen molar-refractivity contribution in [1.29, 1.82) is 0 Å². The molecule has 0 saturated heterocycles. The fourth-order valence-electron chi connectivity index (χ4n) is 9.61. The molecule has 0 saturated carbocycles. The lowest BCUT2D eigenvalue weighted by Crippen LogP contribution is -2.10. The van der Waals surface area contributed by atoms with E-state index in [4.69, 9.17) is 0 Å². The van der Waals surface area contributed by atoms with E-state index in [1.165, 1.54) is 97.0 Å². The Hall–Kier alpha value is -7.78. The van der Waals surface area contributed by atoms with E-state index in [9.17, 15) is 0 Å². The molecule has 0 aliphatic carbocycles. The van der Waals surface area contributed by atoms with Crippen LogP contribution < -0.4 is 4.90 Å². The van der Waals surface area contributed by atoms with Gasteiger partial charge in [0.2, 0.25) is 0 Å². The molecule has 0 radical (unpaired) electrons. The van der Waals surface area contributed by atoms with Crippen molar-refractivity contribution in [2.45, 2.75) is 0 Å². The topological polar surface area (TPSA) is 3.24 Å². The lowest BCUT2D eigenvalue weighted by Gasteiger charge is -2.27. The Morgan fingerprint density at radius 3 is 1.44 bits per heavy atom. The lowest BCUT2D eigenvalue weighted by atomic mass is 9.85. The second-order valence-electron chi connectivity index (χ2n) is 16.0. The van der Waals surface area contributed by atoms with E-state index in [2.05, 4.69) is 241 Å². The molecule has 2 heteroatoms. The maximum absolute atomic E-state index is 2.47. The first-order chi connectivity index (χ1) is 30.8. The summed E-state index contributed by atoms with van der Waals surface area (Å²) in [7, 11) is 0. The van der Waals surface area contributed by atoms with Crippen LogP contribution in [0.25, 0.3) is 97.0 Å². The van der Waals surface area contributed by atoms with Crippen molar-refractivity contribution in [1.82, 2.24) is 0 Å². The Bertz CT molecular complexity index is 3620. The number of fused-ring (bicyclic) bond motifs is 7. The first-order valence-corrected chi connectivity index (χ1v) is 22.1. The highest BCUT2D eigenvalue weighted by Gasteiger charge is 2.22. The molecule has 0 aliphatic rings. The largest absolute Gasteiger partial charge is 0.309 e. The molecule has 12 rings (SSSR count). The number of rotatable bonds is 7. The number of hydrogen-bond donors (Lipinski definition) is 0. The van der Waals surface area contributed by atoms with Gasteiger partial charge in [-0.2, -0.15) is 0 Å². The van der Waals surface area contributed by atoms with Gasteiger partial charge in [-0.05, 0) is 125 Å². The summed E-state index contributed by atoms with van der Waals surface area (Å²) < 4.78 is 2.56. The molecule has 0 bridgehead atoms. The summed E-state index contributed by atoms with van der Waals surface area (Å²) in [5.74, 6) is 0. The van der Waals surface area contributed by atoms with Gasteiger partial charge in [0, 0.05) is 26.8 Å². The summed E-state index contributed by atoms with van der Waals surface area (Å²) in [5.41, 5.74) is 13.1. The number of thiophene rings is 1. The predicted octanol–water partition coefficient (Wildman–Crippen LogP) is 17.7. The Kier molecular flexibility index (Phi) is 8.76. The van der Waals surface area contributed by atoms with Crippen LogP contribution >= 0.6 is 11.3 Å². The van der Waals surface area contributed by atoms with E-state index in [1.807, 2.05) is 11.3 Å². The third-order valence-electron chi connectivity index (χ3n) is 12.4. The van der Waals surface area contributed by atoms with Gasteiger partial charge in [-0.3, -0.25) is 0 Å². The minimum atomic E-state index is 1.10. The number of nitrogens with zero attached hydrogens (tertiary/aromatic N) is 1. The van der Waals surface area contributed by atoms with E-state index in [0.29, 0.717) is 0 Å².